The number of amides is 2. The third-order valence-corrected chi connectivity index (χ3v) is 5.55. The molecule has 0 spiro atoms. The largest absolute Gasteiger partial charge is 0.444 e. The monoisotopic (exact) mass is 457 g/mol. The van der Waals surface area contributed by atoms with Crippen molar-refractivity contribution in [1.29, 1.82) is 0 Å². The molecule has 1 unspecified atom stereocenters. The smallest absolute Gasteiger partial charge is 0.416 e. The Kier molecular flexibility index (Phi) is 8.20. The zero-order valence-electron chi connectivity index (χ0n) is 19.6. The van der Waals surface area contributed by atoms with Crippen molar-refractivity contribution in [1.82, 2.24) is 15.1 Å². The van der Waals surface area contributed by atoms with Gasteiger partial charge in [0.1, 0.15) is 5.60 Å². The summed E-state index contributed by atoms with van der Waals surface area (Å²) in [7, 11) is 5.25. The topological polar surface area (TPSA) is 61.9 Å². The number of likely N-dealkylation sites (N-methyl/N-ethyl adjacent to an activating group) is 2. The maximum absolute atomic E-state index is 13.2. The van der Waals surface area contributed by atoms with Gasteiger partial charge in [-0.25, -0.2) is 4.79 Å². The Bertz CT molecular complexity index is 806. The average Bonchev–Trinajstić information content (AvgIpc) is 2.65. The van der Waals surface area contributed by atoms with Gasteiger partial charge in [0.15, 0.2) is 0 Å². The molecule has 1 N–H and O–H groups in total. The molecule has 0 heterocycles. The fourth-order valence-corrected chi connectivity index (χ4v) is 4.04. The molecule has 32 heavy (non-hydrogen) atoms. The minimum atomic E-state index is -4.41. The number of hydrogen-bond acceptors (Lipinski definition) is 4. The summed E-state index contributed by atoms with van der Waals surface area (Å²) in [5.74, 6) is -0.283. The Morgan fingerprint density at radius 1 is 1.12 bits per heavy atom. The summed E-state index contributed by atoms with van der Waals surface area (Å²) in [5.41, 5.74) is -0.756. The van der Waals surface area contributed by atoms with Crippen LogP contribution in [0.15, 0.2) is 24.3 Å². The van der Waals surface area contributed by atoms with E-state index in [-0.39, 0.29) is 30.5 Å². The summed E-state index contributed by atoms with van der Waals surface area (Å²) in [5, 5.41) is 2.87. The molecule has 1 aliphatic rings. The number of hydrogen-bond donors (Lipinski definition) is 1. The number of alkyl halides is 3. The first-order valence-corrected chi connectivity index (χ1v) is 10.7. The summed E-state index contributed by atoms with van der Waals surface area (Å²) < 4.78 is 44.9. The van der Waals surface area contributed by atoms with Crippen LogP contribution in [0, 0.1) is 0 Å². The number of nitrogens with zero attached hydrogens (tertiary/aromatic N) is 2. The maximum Gasteiger partial charge on any atom is 0.416 e. The molecular weight excluding hydrogens is 423 g/mol. The summed E-state index contributed by atoms with van der Waals surface area (Å²) in [4.78, 5) is 28.5. The van der Waals surface area contributed by atoms with Crippen molar-refractivity contribution in [3.63, 3.8) is 0 Å². The van der Waals surface area contributed by atoms with Crippen molar-refractivity contribution < 1.29 is 27.5 Å². The molecule has 2 rings (SSSR count). The molecule has 0 aliphatic heterocycles. The molecule has 1 saturated carbocycles. The van der Waals surface area contributed by atoms with E-state index >= 15 is 0 Å². The molecule has 6 nitrogen and oxygen atoms in total. The maximum atomic E-state index is 13.2. The second kappa shape index (κ2) is 10.1. The number of carbonyl (C=O) groups excluding carboxylic acids is 2. The van der Waals surface area contributed by atoms with E-state index in [1.807, 2.05) is 0 Å². The lowest BCUT2D eigenvalue weighted by Crippen LogP contribution is -2.56. The van der Waals surface area contributed by atoms with Gasteiger partial charge in [0.05, 0.1) is 24.2 Å². The highest BCUT2D eigenvalue weighted by molar-refractivity contribution is 5.78. The van der Waals surface area contributed by atoms with E-state index in [1.165, 1.54) is 12.1 Å². The Balaban J connectivity index is 2.25. The molecule has 3 atom stereocenters. The highest BCUT2D eigenvalue weighted by Crippen LogP contribution is 2.38. The number of ether oxygens (including phenoxy) is 1. The van der Waals surface area contributed by atoms with Crippen molar-refractivity contribution in [3.05, 3.63) is 35.4 Å². The van der Waals surface area contributed by atoms with Crippen LogP contribution in [0.4, 0.5) is 18.0 Å². The lowest BCUT2D eigenvalue weighted by atomic mass is 9.77. The predicted molar refractivity (Wildman–Crippen MR) is 116 cm³/mol. The lowest BCUT2D eigenvalue weighted by Gasteiger charge is -2.42. The molecular formula is C23H34F3N3O3. The average molecular weight is 458 g/mol. The van der Waals surface area contributed by atoms with Crippen molar-refractivity contribution in [2.45, 2.75) is 69.8 Å². The number of benzene rings is 1. The molecule has 2 amide bonds. The van der Waals surface area contributed by atoms with E-state index in [0.29, 0.717) is 24.8 Å². The van der Waals surface area contributed by atoms with Crippen LogP contribution in [0.25, 0.3) is 0 Å². The van der Waals surface area contributed by atoms with E-state index in [1.54, 1.807) is 57.8 Å². The molecule has 0 saturated heterocycles. The minimum Gasteiger partial charge on any atom is -0.444 e. The van der Waals surface area contributed by atoms with Gasteiger partial charge < -0.3 is 19.9 Å². The standard InChI is InChI=1S/C23H34F3N3O3/c1-22(2,3)32-21(31)27-18-11-10-16(13-19(18)29(6)20(30)14-28(4)5)15-8-7-9-17(12-15)23(24,25)26/h7-9,12,16,18-19H,10-11,13-14H2,1-6H3,(H,27,31)/t16-,18-,19?/m0/s1. The predicted octanol–water partition coefficient (Wildman–Crippen LogP) is 4.25. The Hall–Kier alpha value is -2.29. The molecule has 0 aromatic heterocycles. The van der Waals surface area contributed by atoms with Crippen molar-refractivity contribution >= 4 is 12.0 Å². The van der Waals surface area contributed by atoms with E-state index in [2.05, 4.69) is 5.32 Å². The molecule has 9 heteroatoms. The van der Waals surface area contributed by atoms with Gasteiger partial charge in [0.25, 0.3) is 0 Å². The van der Waals surface area contributed by atoms with E-state index in [0.717, 1.165) is 6.07 Å². The van der Waals surface area contributed by atoms with Crippen LogP contribution in [0.2, 0.25) is 0 Å². The number of halogens is 3. The van der Waals surface area contributed by atoms with Crippen molar-refractivity contribution in [3.8, 4) is 0 Å². The van der Waals surface area contributed by atoms with Crippen LogP contribution < -0.4 is 5.32 Å². The Morgan fingerprint density at radius 3 is 2.34 bits per heavy atom. The quantitative estimate of drug-likeness (QED) is 0.718. The molecule has 0 bridgehead atoms. The second-order valence-electron chi connectivity index (χ2n) is 9.70. The zero-order valence-corrected chi connectivity index (χ0v) is 19.6. The number of rotatable bonds is 5. The molecule has 1 fully saturated rings. The van der Waals surface area contributed by atoms with Crippen LogP contribution in [-0.2, 0) is 15.7 Å². The van der Waals surface area contributed by atoms with Gasteiger partial charge in [-0.1, -0.05) is 18.2 Å². The first kappa shape index (κ1) is 26.0. The number of alkyl carbamates (subject to hydrolysis) is 1. The Labute approximate surface area is 188 Å². The van der Waals surface area contributed by atoms with Gasteiger partial charge in [-0.2, -0.15) is 13.2 Å². The first-order chi connectivity index (χ1) is 14.7. The van der Waals surface area contributed by atoms with Crippen LogP contribution in [0.1, 0.15) is 57.1 Å². The number of nitrogens with one attached hydrogen (secondary N) is 1. The van der Waals surface area contributed by atoms with Crippen LogP contribution >= 0.6 is 0 Å². The fraction of sp³-hybridized carbons (Fsp3) is 0.652. The van der Waals surface area contributed by atoms with Crippen LogP contribution in [-0.4, -0.2) is 67.2 Å². The normalized spacial score (nSPS) is 21.9. The van der Waals surface area contributed by atoms with E-state index in [4.69, 9.17) is 4.74 Å². The summed E-state index contributed by atoms with van der Waals surface area (Å²) >= 11 is 0. The molecule has 1 aromatic rings. The third kappa shape index (κ3) is 7.39. The molecule has 0 radical (unpaired) electrons. The van der Waals surface area contributed by atoms with Gasteiger partial charge in [-0.15, -0.1) is 0 Å². The summed E-state index contributed by atoms with van der Waals surface area (Å²) in [6.45, 7) is 5.49. The SMILES string of the molecule is CN(C)CC(=O)N(C)C1C[C@@H](c2cccc(C(F)(F)F)c2)CC[C@@H]1NC(=O)OC(C)(C)C. The summed E-state index contributed by atoms with van der Waals surface area (Å²) in [6, 6.07) is 4.62. The van der Waals surface area contributed by atoms with Crippen molar-refractivity contribution in [2.24, 2.45) is 0 Å². The van der Waals surface area contributed by atoms with Gasteiger partial charge in [-0.05, 0) is 71.7 Å². The first-order valence-electron chi connectivity index (χ1n) is 10.7. The lowest BCUT2D eigenvalue weighted by molar-refractivity contribution is -0.137. The zero-order chi connectivity index (χ0) is 24.3. The van der Waals surface area contributed by atoms with Crippen LogP contribution in [0.3, 0.4) is 0 Å². The molecule has 180 valence electrons. The van der Waals surface area contributed by atoms with Crippen molar-refractivity contribution in [2.75, 3.05) is 27.7 Å². The second-order valence-corrected chi connectivity index (χ2v) is 9.70. The molecule has 1 aliphatic carbocycles. The Morgan fingerprint density at radius 2 is 1.78 bits per heavy atom. The third-order valence-electron chi connectivity index (χ3n) is 5.55. The van der Waals surface area contributed by atoms with Crippen LogP contribution in [0.5, 0.6) is 0 Å². The van der Waals surface area contributed by atoms with Gasteiger partial charge in [0.2, 0.25) is 5.91 Å². The van der Waals surface area contributed by atoms with E-state index in [9.17, 15) is 22.8 Å². The number of carbonyl (C=O) groups is 2. The minimum absolute atomic E-state index is 0.124. The van der Waals surface area contributed by atoms with E-state index < -0.39 is 23.4 Å². The van der Waals surface area contributed by atoms with Gasteiger partial charge in [-0.3, -0.25) is 4.79 Å². The van der Waals surface area contributed by atoms with Gasteiger partial charge >= 0.3 is 12.3 Å². The fourth-order valence-electron chi connectivity index (χ4n) is 4.04. The molecule has 1 aromatic carbocycles. The summed E-state index contributed by atoms with van der Waals surface area (Å²) in [6.07, 6.45) is -3.43. The highest BCUT2D eigenvalue weighted by atomic mass is 19.4. The van der Waals surface area contributed by atoms with Gasteiger partial charge in [0, 0.05) is 7.05 Å². The highest BCUT2D eigenvalue weighted by Gasteiger charge is 2.38.